The standard InChI is InChI=1S/C34H40Cl2FN3O5/c1-32(2)8-10-33(11-9-32)17-22(25(42)15-19-3-6-26(45-18-19)30(43)39-13-14-41)27(21-7-12-38-29(36)28(21)37)34(33)23-5-4-20(35)16-24(23)40-31(34)44/h4-5,7,12,16,19,22,26-27,41H,3,6,8-11,13-15,17-18H2,1-2H3,(H,39,43)(H,40,44)/t19-,22-,26-,27-,34+/m0/s1. The molecule has 11 heteroatoms. The van der Waals surface area contributed by atoms with Crippen molar-refractivity contribution in [2.24, 2.45) is 22.7 Å². The van der Waals surface area contributed by atoms with Crippen molar-refractivity contribution >= 4 is 46.5 Å². The van der Waals surface area contributed by atoms with Crippen LogP contribution in [0.3, 0.4) is 0 Å². The van der Waals surface area contributed by atoms with Gasteiger partial charge in [0, 0.05) is 41.7 Å². The zero-order valence-corrected chi connectivity index (χ0v) is 27.1. The number of nitrogens with one attached hydrogen (secondary N) is 2. The molecule has 45 heavy (non-hydrogen) atoms. The van der Waals surface area contributed by atoms with Gasteiger partial charge in [-0.2, -0.15) is 0 Å². The van der Waals surface area contributed by atoms with Crippen LogP contribution in [0.5, 0.6) is 0 Å². The zero-order valence-electron chi connectivity index (χ0n) is 25.6. The molecule has 8 nitrogen and oxygen atoms in total. The maximum absolute atomic E-state index is 16.1. The quantitative estimate of drug-likeness (QED) is 0.315. The lowest BCUT2D eigenvalue weighted by molar-refractivity contribution is -0.138. The minimum atomic E-state index is -1.21. The summed E-state index contributed by atoms with van der Waals surface area (Å²) in [5.41, 5.74) is -0.157. The summed E-state index contributed by atoms with van der Waals surface area (Å²) in [6.07, 6.45) is 5.69. The highest BCUT2D eigenvalue weighted by Crippen LogP contribution is 2.72. The number of aliphatic hydroxyl groups excluding tert-OH is 1. The number of carbonyl (C=O) groups excluding carboxylic acids is 3. The van der Waals surface area contributed by atoms with Crippen LogP contribution in [0, 0.1) is 28.5 Å². The number of hydrogen-bond donors (Lipinski definition) is 3. The summed E-state index contributed by atoms with van der Waals surface area (Å²) in [5, 5.41) is 14.9. The first-order chi connectivity index (χ1) is 21.4. The molecule has 2 saturated carbocycles. The molecule has 2 aliphatic carbocycles. The van der Waals surface area contributed by atoms with Gasteiger partial charge in [0.05, 0.1) is 18.6 Å². The Morgan fingerprint density at radius 2 is 1.91 bits per heavy atom. The summed E-state index contributed by atoms with van der Waals surface area (Å²) in [4.78, 5) is 45.4. The molecule has 3 fully saturated rings. The molecular formula is C34H40Cl2FN3O5. The van der Waals surface area contributed by atoms with Crippen molar-refractivity contribution in [2.75, 3.05) is 25.1 Å². The van der Waals surface area contributed by atoms with Crippen molar-refractivity contribution in [1.82, 2.24) is 10.3 Å². The van der Waals surface area contributed by atoms with E-state index >= 15 is 4.39 Å². The molecule has 1 aromatic heterocycles. The van der Waals surface area contributed by atoms with Crippen LogP contribution < -0.4 is 10.6 Å². The smallest absolute Gasteiger partial charge is 0.249 e. The monoisotopic (exact) mass is 659 g/mol. The van der Waals surface area contributed by atoms with E-state index < -0.39 is 34.6 Å². The fourth-order valence-corrected chi connectivity index (χ4v) is 9.14. The van der Waals surface area contributed by atoms with Gasteiger partial charge in [0.15, 0.2) is 11.0 Å². The molecule has 3 N–H and O–H groups in total. The van der Waals surface area contributed by atoms with Gasteiger partial charge in [0.2, 0.25) is 11.8 Å². The van der Waals surface area contributed by atoms with E-state index in [1.54, 1.807) is 18.2 Å². The van der Waals surface area contributed by atoms with Gasteiger partial charge in [-0.3, -0.25) is 14.4 Å². The van der Waals surface area contributed by atoms with Gasteiger partial charge >= 0.3 is 0 Å². The van der Waals surface area contributed by atoms with Crippen LogP contribution in [0.4, 0.5) is 10.1 Å². The summed E-state index contributed by atoms with van der Waals surface area (Å²) in [7, 11) is 0. The lowest BCUT2D eigenvalue weighted by atomic mass is 9.51. The minimum absolute atomic E-state index is 0.0413. The van der Waals surface area contributed by atoms with E-state index in [0.29, 0.717) is 42.8 Å². The van der Waals surface area contributed by atoms with Crippen molar-refractivity contribution in [3.63, 3.8) is 0 Å². The number of carbonyl (C=O) groups is 3. The van der Waals surface area contributed by atoms with Crippen molar-refractivity contribution < 1.29 is 28.6 Å². The third kappa shape index (κ3) is 5.47. The van der Waals surface area contributed by atoms with Gasteiger partial charge in [-0.15, -0.1) is 0 Å². The van der Waals surface area contributed by atoms with E-state index in [1.807, 2.05) is 6.07 Å². The van der Waals surface area contributed by atoms with E-state index in [4.69, 9.17) is 33.0 Å². The molecule has 1 saturated heterocycles. The highest BCUT2D eigenvalue weighted by atomic mass is 35.5. The van der Waals surface area contributed by atoms with E-state index in [-0.39, 0.29) is 65.8 Å². The third-order valence-electron chi connectivity index (χ3n) is 11.1. The second kappa shape index (κ2) is 12.2. The Hall–Kier alpha value is -2.59. The fraction of sp³-hybridized carbons (Fsp3) is 0.588. The highest BCUT2D eigenvalue weighted by Gasteiger charge is 2.72. The Bertz CT molecular complexity index is 1500. The first kappa shape index (κ1) is 32.4. The molecule has 2 aromatic rings. The fourth-order valence-electron chi connectivity index (χ4n) is 8.80. The topological polar surface area (TPSA) is 118 Å². The molecule has 5 atom stereocenters. The number of fused-ring (bicyclic) bond motifs is 3. The van der Waals surface area contributed by atoms with Crippen LogP contribution in [0.2, 0.25) is 10.2 Å². The number of ketones is 1. The molecule has 2 aliphatic heterocycles. The molecule has 0 radical (unpaired) electrons. The van der Waals surface area contributed by atoms with Crippen molar-refractivity contribution in [1.29, 1.82) is 0 Å². The lowest BCUT2D eigenvalue weighted by Crippen LogP contribution is -2.52. The Kier molecular flexibility index (Phi) is 8.78. The summed E-state index contributed by atoms with van der Waals surface area (Å²) in [6, 6.07) is 6.94. The Labute approximate surface area is 272 Å². The van der Waals surface area contributed by atoms with Crippen LogP contribution in [0.25, 0.3) is 0 Å². The normalized spacial score (nSPS) is 29.9. The summed E-state index contributed by atoms with van der Waals surface area (Å²) in [6.45, 7) is 4.70. The summed E-state index contributed by atoms with van der Waals surface area (Å²) >= 11 is 12.6. The Morgan fingerprint density at radius 3 is 2.60 bits per heavy atom. The predicted octanol–water partition coefficient (Wildman–Crippen LogP) is 5.97. The molecule has 242 valence electrons. The summed E-state index contributed by atoms with van der Waals surface area (Å²) in [5.74, 6) is -2.84. The maximum Gasteiger partial charge on any atom is 0.249 e. The largest absolute Gasteiger partial charge is 0.395 e. The van der Waals surface area contributed by atoms with Gasteiger partial charge in [0.1, 0.15) is 11.9 Å². The van der Waals surface area contributed by atoms with Gasteiger partial charge in [-0.1, -0.05) is 43.1 Å². The highest BCUT2D eigenvalue weighted by molar-refractivity contribution is 6.31. The van der Waals surface area contributed by atoms with Gasteiger partial charge in [-0.25, -0.2) is 9.37 Å². The van der Waals surface area contributed by atoms with Gasteiger partial charge in [0.25, 0.3) is 0 Å². The average Bonchev–Trinajstić information content (AvgIpc) is 3.47. The number of aromatic nitrogens is 1. The number of nitrogens with zero attached hydrogens (tertiary/aromatic N) is 1. The first-order valence-electron chi connectivity index (χ1n) is 15.9. The first-order valence-corrected chi connectivity index (χ1v) is 16.6. The van der Waals surface area contributed by atoms with Crippen molar-refractivity contribution in [3.05, 3.63) is 57.6 Å². The number of Topliss-reactive ketones (excluding diaryl/α,β-unsaturated/α-hetero) is 1. The van der Waals surface area contributed by atoms with Gasteiger partial charge < -0.3 is 20.5 Å². The maximum atomic E-state index is 16.1. The molecule has 6 rings (SSSR count). The molecule has 0 bridgehead atoms. The minimum Gasteiger partial charge on any atom is -0.395 e. The Morgan fingerprint density at radius 1 is 1.16 bits per heavy atom. The summed E-state index contributed by atoms with van der Waals surface area (Å²) < 4.78 is 22.0. The number of halogens is 3. The average molecular weight is 661 g/mol. The van der Waals surface area contributed by atoms with Crippen LogP contribution in [0.15, 0.2) is 30.5 Å². The molecule has 2 amide bonds. The predicted molar refractivity (Wildman–Crippen MR) is 169 cm³/mol. The number of anilines is 1. The van der Waals surface area contributed by atoms with Gasteiger partial charge in [-0.05, 0) is 91.0 Å². The van der Waals surface area contributed by atoms with Crippen LogP contribution in [-0.2, 0) is 24.5 Å². The van der Waals surface area contributed by atoms with Crippen molar-refractivity contribution in [2.45, 2.75) is 82.7 Å². The second-order valence-corrected chi connectivity index (χ2v) is 14.9. The third-order valence-corrected chi connectivity index (χ3v) is 11.6. The molecular weight excluding hydrogens is 620 g/mol. The number of rotatable bonds is 7. The Balaban J connectivity index is 1.40. The number of ether oxygens (including phenoxy) is 1. The van der Waals surface area contributed by atoms with Crippen LogP contribution >= 0.6 is 23.2 Å². The van der Waals surface area contributed by atoms with E-state index in [1.165, 1.54) is 6.20 Å². The number of amides is 2. The SMILES string of the molecule is CC1(C)CCC2(CC1)C[C@@H](C(=O)C[C@@H]1CC[C@@H](C(=O)NCCO)OC1)[C@H](c1ccnc(Cl)c1F)[C@]21C(=O)Nc2cc(Cl)ccc21. The van der Waals surface area contributed by atoms with Crippen molar-refractivity contribution in [3.8, 4) is 0 Å². The molecule has 2 spiro atoms. The number of benzene rings is 1. The van der Waals surface area contributed by atoms with E-state index in [2.05, 4.69) is 29.5 Å². The molecule has 0 unspecified atom stereocenters. The zero-order chi connectivity index (χ0) is 32.1. The molecule has 4 aliphatic rings. The van der Waals surface area contributed by atoms with Crippen LogP contribution in [0.1, 0.15) is 82.3 Å². The number of pyridine rings is 1. The van der Waals surface area contributed by atoms with Crippen LogP contribution in [-0.4, -0.2) is 53.6 Å². The number of hydrogen-bond acceptors (Lipinski definition) is 6. The number of aliphatic hydroxyl groups is 1. The van der Waals surface area contributed by atoms with E-state index in [0.717, 1.165) is 18.4 Å². The molecule has 3 heterocycles. The van der Waals surface area contributed by atoms with E-state index in [9.17, 15) is 14.4 Å². The second-order valence-electron chi connectivity index (χ2n) is 14.1. The molecule has 1 aromatic carbocycles. The lowest BCUT2D eigenvalue weighted by Gasteiger charge is -2.51.